The fourth-order valence-electron chi connectivity index (χ4n) is 3.49. The third kappa shape index (κ3) is 7.00. The first-order chi connectivity index (χ1) is 14.4. The summed E-state index contributed by atoms with van der Waals surface area (Å²) in [7, 11) is 5.40. The van der Waals surface area contributed by atoms with Crippen molar-refractivity contribution in [2.24, 2.45) is 21.6 Å². The van der Waals surface area contributed by atoms with Crippen molar-refractivity contribution < 1.29 is 0 Å². The summed E-state index contributed by atoms with van der Waals surface area (Å²) >= 11 is 0. The molecule has 3 nitrogen and oxygen atoms in total. The molecule has 1 unspecified atom stereocenters. The molecule has 0 bridgehead atoms. The summed E-state index contributed by atoms with van der Waals surface area (Å²) in [4.78, 5) is 9.30. The van der Waals surface area contributed by atoms with Crippen LogP contribution in [-0.2, 0) is 6.42 Å². The molecule has 0 aromatic heterocycles. The van der Waals surface area contributed by atoms with Crippen molar-refractivity contribution >= 4 is 32.3 Å². The fraction of sp³-hybridized carbons (Fsp3) is 0.423. The molecule has 0 spiro atoms. The van der Waals surface area contributed by atoms with Gasteiger partial charge in [-0.3, -0.25) is 9.98 Å². The highest BCUT2D eigenvalue weighted by molar-refractivity contribution is 7.19. The topological polar surface area (TPSA) is 50.7 Å². The van der Waals surface area contributed by atoms with Crippen molar-refractivity contribution in [1.82, 2.24) is 0 Å². The fourth-order valence-corrected chi connectivity index (χ4v) is 3.67. The summed E-state index contributed by atoms with van der Waals surface area (Å²) in [6.45, 7) is 13.3. The van der Waals surface area contributed by atoms with Gasteiger partial charge in [0.05, 0.1) is 5.70 Å². The Balaban J connectivity index is 3.56. The first-order valence-corrected chi connectivity index (χ1v) is 11.3. The van der Waals surface area contributed by atoms with Gasteiger partial charge in [-0.1, -0.05) is 44.2 Å². The van der Waals surface area contributed by atoms with E-state index in [1.54, 1.807) is 0 Å². The lowest BCUT2D eigenvalue weighted by Crippen LogP contribution is -2.12. The van der Waals surface area contributed by atoms with E-state index in [0.717, 1.165) is 35.4 Å². The van der Waals surface area contributed by atoms with Crippen molar-refractivity contribution in [3.8, 4) is 0 Å². The molecule has 1 aromatic carbocycles. The largest absolute Gasteiger partial charge is 0.326 e. The molecule has 0 fully saturated rings. The summed E-state index contributed by atoms with van der Waals surface area (Å²) < 4.78 is 0. The molecular formula is C26H38N3P. The van der Waals surface area contributed by atoms with Gasteiger partial charge in [-0.05, 0) is 80.1 Å². The van der Waals surface area contributed by atoms with Gasteiger partial charge in [0.25, 0.3) is 0 Å². The van der Waals surface area contributed by atoms with Gasteiger partial charge < -0.3 is 5.73 Å². The maximum Gasteiger partial charge on any atom is 0.0693 e. The zero-order chi connectivity index (χ0) is 22.7. The lowest BCUT2D eigenvalue weighted by Gasteiger charge is -2.20. The van der Waals surface area contributed by atoms with E-state index in [0.29, 0.717) is 12.5 Å². The molecule has 0 amide bonds. The Morgan fingerprint density at radius 3 is 2.40 bits per heavy atom. The summed E-state index contributed by atoms with van der Waals surface area (Å²) in [5.74, 6) is 2.31. The van der Waals surface area contributed by atoms with Crippen LogP contribution < -0.4 is 5.73 Å². The molecule has 0 radical (unpaired) electrons. The standard InChI is InChI=1S/C26H38N3P/c1-8-18(4)26(29-16-21(9-2)15-27)25-12-11-22(17-30)14-23(25)13-19(5)24(10-3)20(6)28-7/h9-12,14,16-17,19,30H,8,13,15,27H2,1-7H3/b21-9-,24-10-,26-18-,28-20?,29-16-. The zero-order valence-electron chi connectivity index (χ0n) is 19.7. The average molecular weight is 424 g/mol. The van der Waals surface area contributed by atoms with E-state index in [1.165, 1.54) is 22.3 Å². The lowest BCUT2D eigenvalue weighted by molar-refractivity contribution is 0.698. The van der Waals surface area contributed by atoms with Crippen molar-refractivity contribution in [2.45, 2.75) is 54.4 Å². The molecule has 1 aromatic rings. The van der Waals surface area contributed by atoms with E-state index in [1.807, 2.05) is 32.1 Å². The molecular weight excluding hydrogens is 385 g/mol. The lowest BCUT2D eigenvalue weighted by atomic mass is 9.87. The molecule has 0 aliphatic carbocycles. The third-order valence-electron chi connectivity index (χ3n) is 5.57. The van der Waals surface area contributed by atoms with Crippen LogP contribution in [0.3, 0.4) is 0 Å². The maximum absolute atomic E-state index is 5.84. The average Bonchev–Trinajstić information content (AvgIpc) is 2.77. The van der Waals surface area contributed by atoms with E-state index >= 15 is 0 Å². The van der Waals surface area contributed by atoms with Crippen molar-refractivity contribution in [3.63, 3.8) is 0 Å². The Hall–Kier alpha value is -2.09. The normalized spacial score (nSPS) is 15.4. The minimum absolute atomic E-state index is 0.352. The molecule has 1 rings (SSSR count). The second kappa shape index (κ2) is 13.3. The number of nitrogens with two attached hydrogens (primary N) is 1. The van der Waals surface area contributed by atoms with Crippen LogP contribution in [0.4, 0.5) is 0 Å². The number of nitrogens with zero attached hydrogens (tertiary/aromatic N) is 2. The number of hydrogen-bond donors (Lipinski definition) is 1. The molecule has 2 N–H and O–H groups in total. The van der Waals surface area contributed by atoms with E-state index in [4.69, 9.17) is 10.7 Å². The molecule has 30 heavy (non-hydrogen) atoms. The third-order valence-corrected chi connectivity index (χ3v) is 5.91. The Morgan fingerprint density at radius 1 is 1.20 bits per heavy atom. The molecule has 0 saturated heterocycles. The van der Waals surface area contributed by atoms with Gasteiger partial charge in [-0.15, -0.1) is 8.86 Å². The zero-order valence-corrected chi connectivity index (χ0v) is 20.7. The molecule has 0 aliphatic heterocycles. The SMILES string of the molecule is C\C=C(/C=N\C(=C(\C)CC)c1ccc(C=P)cc1CC(C)/C(=C/C)C(C)=NC)CN. The minimum atomic E-state index is 0.352. The summed E-state index contributed by atoms with van der Waals surface area (Å²) in [6, 6.07) is 6.57. The van der Waals surface area contributed by atoms with Gasteiger partial charge in [-0.25, -0.2) is 0 Å². The van der Waals surface area contributed by atoms with Gasteiger partial charge in [-0.2, -0.15) is 0 Å². The second-order valence-corrected chi connectivity index (χ2v) is 7.82. The molecule has 0 saturated carbocycles. The summed E-state index contributed by atoms with van der Waals surface area (Å²) in [5.41, 5.74) is 15.2. The number of aliphatic imine (C=N–C) groups is 2. The van der Waals surface area contributed by atoms with Crippen molar-refractivity contribution in [1.29, 1.82) is 0 Å². The van der Waals surface area contributed by atoms with Crippen LogP contribution in [0.5, 0.6) is 0 Å². The number of rotatable bonds is 10. The first kappa shape index (κ1) is 25.9. The minimum Gasteiger partial charge on any atom is -0.326 e. The predicted octanol–water partition coefficient (Wildman–Crippen LogP) is 6.31. The Morgan fingerprint density at radius 2 is 1.90 bits per heavy atom. The van der Waals surface area contributed by atoms with Crippen molar-refractivity contribution in [2.75, 3.05) is 13.6 Å². The molecule has 1 atom stereocenters. The predicted molar refractivity (Wildman–Crippen MR) is 140 cm³/mol. The summed E-state index contributed by atoms with van der Waals surface area (Å²) in [6.07, 6.45) is 7.96. The first-order valence-electron chi connectivity index (χ1n) is 10.7. The maximum atomic E-state index is 5.84. The smallest absolute Gasteiger partial charge is 0.0693 e. The highest BCUT2D eigenvalue weighted by Gasteiger charge is 2.16. The van der Waals surface area contributed by atoms with Gasteiger partial charge >= 0.3 is 0 Å². The van der Waals surface area contributed by atoms with Gasteiger partial charge in [0.15, 0.2) is 0 Å². The Kier molecular flexibility index (Phi) is 11.5. The molecule has 4 heteroatoms. The van der Waals surface area contributed by atoms with Crippen LogP contribution >= 0.6 is 8.86 Å². The van der Waals surface area contributed by atoms with Gasteiger partial charge in [0.2, 0.25) is 0 Å². The highest BCUT2D eigenvalue weighted by Crippen LogP contribution is 2.29. The second-order valence-electron chi connectivity index (χ2n) is 7.53. The van der Waals surface area contributed by atoms with Crippen molar-refractivity contribution in [3.05, 3.63) is 63.8 Å². The van der Waals surface area contributed by atoms with Crippen LogP contribution in [0.2, 0.25) is 0 Å². The Bertz CT molecular complexity index is 886. The molecule has 162 valence electrons. The molecule has 0 aliphatic rings. The van der Waals surface area contributed by atoms with Crippen LogP contribution in [0.1, 0.15) is 64.7 Å². The van der Waals surface area contributed by atoms with E-state index in [2.05, 4.69) is 72.7 Å². The number of hydrogen-bond acceptors (Lipinski definition) is 3. The van der Waals surface area contributed by atoms with E-state index < -0.39 is 0 Å². The highest BCUT2D eigenvalue weighted by atomic mass is 31.0. The van der Waals surface area contributed by atoms with Crippen LogP contribution in [0, 0.1) is 5.92 Å². The summed E-state index contributed by atoms with van der Waals surface area (Å²) in [5, 5.41) is 0. The Labute approximate surface area is 185 Å². The van der Waals surface area contributed by atoms with Crippen LogP contribution in [0.15, 0.2) is 57.1 Å². The van der Waals surface area contributed by atoms with E-state index in [9.17, 15) is 0 Å². The van der Waals surface area contributed by atoms with Crippen LogP contribution in [0.25, 0.3) is 5.70 Å². The quantitative estimate of drug-likeness (QED) is 0.348. The van der Waals surface area contributed by atoms with Gasteiger partial charge in [0.1, 0.15) is 0 Å². The number of allylic oxidation sites excluding steroid dienone is 4. The van der Waals surface area contributed by atoms with Crippen LogP contribution in [-0.4, -0.2) is 31.3 Å². The van der Waals surface area contributed by atoms with Gasteiger partial charge in [0, 0.05) is 31.1 Å². The van der Waals surface area contributed by atoms with E-state index in [-0.39, 0.29) is 0 Å². The number of benzene rings is 1. The molecule has 0 heterocycles. The monoisotopic (exact) mass is 423 g/mol.